The van der Waals surface area contributed by atoms with E-state index in [0.717, 1.165) is 43.1 Å². The van der Waals surface area contributed by atoms with Crippen LogP contribution in [0.1, 0.15) is 47.7 Å². The van der Waals surface area contributed by atoms with Crippen molar-refractivity contribution in [3.63, 3.8) is 0 Å². The van der Waals surface area contributed by atoms with Crippen molar-refractivity contribution in [2.75, 3.05) is 19.6 Å². The van der Waals surface area contributed by atoms with Crippen molar-refractivity contribution in [2.45, 2.75) is 39.0 Å². The number of aromatic nitrogens is 3. The van der Waals surface area contributed by atoms with Gasteiger partial charge in [-0.2, -0.15) is 0 Å². The van der Waals surface area contributed by atoms with Crippen LogP contribution in [-0.4, -0.2) is 39.1 Å². The van der Waals surface area contributed by atoms with E-state index < -0.39 is 0 Å². The van der Waals surface area contributed by atoms with E-state index in [1.165, 1.54) is 5.56 Å². The summed E-state index contributed by atoms with van der Waals surface area (Å²) in [5.74, 6) is 0.951. The number of benzene rings is 1. The molecular weight excluding hydrogens is 324 g/mol. The summed E-state index contributed by atoms with van der Waals surface area (Å²) in [6, 6.07) is 12.7. The largest absolute Gasteiger partial charge is 0.302 e. The topological polar surface area (TPSA) is 53.4 Å². The lowest BCUT2D eigenvalue weighted by Crippen LogP contribution is -2.25. The van der Waals surface area contributed by atoms with E-state index in [4.69, 9.17) is 0 Å². The van der Waals surface area contributed by atoms with E-state index in [0.29, 0.717) is 17.4 Å². The van der Waals surface area contributed by atoms with Gasteiger partial charge >= 0.3 is 0 Å². The van der Waals surface area contributed by atoms with E-state index in [-0.39, 0.29) is 5.56 Å². The number of hydrogen-bond donors (Lipinski definition) is 1. The highest BCUT2D eigenvalue weighted by Gasteiger charge is 2.27. The Hall–Kier alpha value is -2.40. The van der Waals surface area contributed by atoms with Gasteiger partial charge in [0.2, 0.25) is 0 Å². The first kappa shape index (κ1) is 17.0. The second kappa shape index (κ2) is 6.72. The number of fused-ring (bicyclic) bond motifs is 1. The summed E-state index contributed by atoms with van der Waals surface area (Å²) in [6.45, 7) is 9.21. The van der Waals surface area contributed by atoms with Crippen LogP contribution in [0.2, 0.25) is 0 Å². The lowest BCUT2D eigenvalue weighted by atomic mass is 10.0. The molecule has 26 heavy (non-hydrogen) atoms. The maximum atomic E-state index is 12.4. The monoisotopic (exact) mass is 350 g/mol. The molecule has 1 aromatic carbocycles. The minimum Gasteiger partial charge on any atom is -0.302 e. The average Bonchev–Trinajstić information content (AvgIpc) is 3.27. The number of rotatable bonds is 4. The van der Waals surface area contributed by atoms with Gasteiger partial charge in [0, 0.05) is 42.0 Å². The Labute approximate surface area is 153 Å². The number of likely N-dealkylation sites (tertiary alicyclic amines) is 1. The van der Waals surface area contributed by atoms with Crippen molar-refractivity contribution in [1.82, 2.24) is 19.5 Å². The molecule has 1 N–H and O–H groups in total. The molecule has 3 aromatic rings. The highest BCUT2D eigenvalue weighted by molar-refractivity contribution is 5.42. The zero-order chi connectivity index (χ0) is 18.3. The van der Waals surface area contributed by atoms with Gasteiger partial charge in [-0.25, -0.2) is 9.50 Å². The third kappa shape index (κ3) is 3.07. The summed E-state index contributed by atoms with van der Waals surface area (Å²) in [7, 11) is 0. The second-order valence-electron chi connectivity index (χ2n) is 7.59. The first-order valence-corrected chi connectivity index (χ1v) is 9.39. The smallest absolute Gasteiger partial charge is 0.275 e. The number of hydrogen-bond acceptors (Lipinski definition) is 3. The zero-order valence-electron chi connectivity index (χ0n) is 15.7. The molecule has 4 rings (SSSR count). The molecule has 0 radical (unpaired) electrons. The van der Waals surface area contributed by atoms with E-state index >= 15 is 0 Å². The Morgan fingerprint density at radius 1 is 1.27 bits per heavy atom. The summed E-state index contributed by atoms with van der Waals surface area (Å²) in [5, 5.41) is 3.29. The standard InChI is InChI=1S/C21H26N4O/c1-14(17-7-5-4-6-8-17)12-24-10-9-18(13-24)19-11-20-22-16(3)15(2)21(26)25(20)23-19/h4-8,11,14,18,23H,9-10,12-13H2,1-3H3/t14-,18-/m0/s1. The van der Waals surface area contributed by atoms with Crippen LogP contribution in [0.3, 0.4) is 0 Å². The van der Waals surface area contributed by atoms with Crippen LogP contribution < -0.4 is 5.56 Å². The van der Waals surface area contributed by atoms with Gasteiger partial charge in [-0.1, -0.05) is 37.3 Å². The third-order valence-corrected chi connectivity index (χ3v) is 5.72. The van der Waals surface area contributed by atoms with Gasteiger partial charge in [-0.15, -0.1) is 0 Å². The van der Waals surface area contributed by atoms with E-state index in [2.05, 4.69) is 52.2 Å². The van der Waals surface area contributed by atoms with Crippen LogP contribution in [0.15, 0.2) is 41.2 Å². The maximum Gasteiger partial charge on any atom is 0.275 e. The second-order valence-corrected chi connectivity index (χ2v) is 7.59. The van der Waals surface area contributed by atoms with Gasteiger partial charge in [0.1, 0.15) is 0 Å². The molecule has 1 aliphatic heterocycles. The number of aromatic amines is 1. The van der Waals surface area contributed by atoms with Gasteiger partial charge in [-0.05, 0) is 38.3 Å². The Kier molecular flexibility index (Phi) is 4.41. The van der Waals surface area contributed by atoms with Crippen molar-refractivity contribution in [3.8, 4) is 0 Å². The molecule has 2 atom stereocenters. The van der Waals surface area contributed by atoms with Crippen molar-refractivity contribution >= 4 is 5.65 Å². The summed E-state index contributed by atoms with van der Waals surface area (Å²) >= 11 is 0. The molecule has 0 amide bonds. The Bertz CT molecular complexity index is 973. The molecule has 0 spiro atoms. The van der Waals surface area contributed by atoms with Gasteiger partial charge in [0.15, 0.2) is 5.65 Å². The van der Waals surface area contributed by atoms with Crippen LogP contribution in [0.5, 0.6) is 0 Å². The number of aryl methyl sites for hydroxylation is 1. The Morgan fingerprint density at radius 3 is 2.81 bits per heavy atom. The predicted molar refractivity (Wildman–Crippen MR) is 104 cm³/mol. The molecule has 1 saturated heterocycles. The highest BCUT2D eigenvalue weighted by atomic mass is 16.1. The molecule has 136 valence electrons. The van der Waals surface area contributed by atoms with Crippen molar-refractivity contribution in [3.05, 3.63) is 69.3 Å². The number of nitrogens with zero attached hydrogens (tertiary/aromatic N) is 3. The molecule has 5 heteroatoms. The van der Waals surface area contributed by atoms with Gasteiger partial charge in [0.05, 0.1) is 0 Å². The fourth-order valence-electron chi connectivity index (χ4n) is 3.97. The molecule has 0 saturated carbocycles. The van der Waals surface area contributed by atoms with Crippen LogP contribution in [0.4, 0.5) is 0 Å². The highest BCUT2D eigenvalue weighted by Crippen LogP contribution is 2.28. The minimum atomic E-state index is 0.00584. The van der Waals surface area contributed by atoms with Gasteiger partial charge in [-0.3, -0.25) is 9.89 Å². The molecule has 2 aromatic heterocycles. The maximum absolute atomic E-state index is 12.4. The first-order chi connectivity index (χ1) is 12.5. The lowest BCUT2D eigenvalue weighted by Gasteiger charge is -2.21. The van der Waals surface area contributed by atoms with E-state index in [1.807, 2.05) is 19.9 Å². The van der Waals surface area contributed by atoms with E-state index in [9.17, 15) is 4.79 Å². The molecule has 0 unspecified atom stereocenters. The van der Waals surface area contributed by atoms with Crippen molar-refractivity contribution < 1.29 is 0 Å². The fourth-order valence-corrected chi connectivity index (χ4v) is 3.97. The molecular formula is C21H26N4O. The Balaban J connectivity index is 1.49. The molecule has 5 nitrogen and oxygen atoms in total. The van der Waals surface area contributed by atoms with Crippen molar-refractivity contribution in [1.29, 1.82) is 0 Å². The summed E-state index contributed by atoms with van der Waals surface area (Å²) in [4.78, 5) is 19.5. The Morgan fingerprint density at radius 2 is 2.04 bits per heavy atom. The molecule has 0 bridgehead atoms. The number of nitrogens with one attached hydrogen (secondary N) is 1. The summed E-state index contributed by atoms with van der Waals surface area (Å²) in [6.07, 6.45) is 1.11. The predicted octanol–water partition coefficient (Wildman–Crippen LogP) is 3.23. The lowest BCUT2D eigenvalue weighted by molar-refractivity contribution is 0.316. The van der Waals surface area contributed by atoms with Crippen LogP contribution in [-0.2, 0) is 0 Å². The van der Waals surface area contributed by atoms with Crippen LogP contribution in [0, 0.1) is 13.8 Å². The zero-order valence-corrected chi connectivity index (χ0v) is 15.7. The quantitative estimate of drug-likeness (QED) is 0.786. The fraction of sp³-hybridized carbons (Fsp3) is 0.429. The first-order valence-electron chi connectivity index (χ1n) is 9.39. The molecule has 3 heterocycles. The van der Waals surface area contributed by atoms with Gasteiger partial charge < -0.3 is 4.90 Å². The normalized spacial score (nSPS) is 19.3. The van der Waals surface area contributed by atoms with Gasteiger partial charge in [0.25, 0.3) is 5.56 Å². The third-order valence-electron chi connectivity index (χ3n) is 5.72. The van der Waals surface area contributed by atoms with Crippen LogP contribution in [0.25, 0.3) is 5.65 Å². The van der Waals surface area contributed by atoms with E-state index in [1.54, 1.807) is 4.52 Å². The number of H-pyrrole nitrogens is 1. The summed E-state index contributed by atoms with van der Waals surface area (Å²) in [5.41, 5.74) is 4.76. The summed E-state index contributed by atoms with van der Waals surface area (Å²) < 4.78 is 1.59. The molecule has 1 aliphatic rings. The molecule has 0 aliphatic carbocycles. The average molecular weight is 350 g/mol. The SMILES string of the molecule is Cc1nc2cc([C@H]3CCN(C[C@H](C)c4ccccc4)C3)[nH]n2c(=O)c1C. The molecule has 1 fully saturated rings. The minimum absolute atomic E-state index is 0.00584. The van der Waals surface area contributed by atoms with Crippen molar-refractivity contribution in [2.24, 2.45) is 0 Å². The van der Waals surface area contributed by atoms with Crippen LogP contribution >= 0.6 is 0 Å².